The van der Waals surface area contributed by atoms with E-state index < -0.39 is 12.1 Å². The van der Waals surface area contributed by atoms with Crippen LogP contribution in [-0.2, 0) is 0 Å². The molecule has 0 atom stereocenters. The summed E-state index contributed by atoms with van der Waals surface area (Å²) in [5.74, 6) is -0.733. The minimum Gasteiger partial charge on any atom is -0.277 e. The van der Waals surface area contributed by atoms with Gasteiger partial charge in [0.05, 0.1) is 22.5 Å². The molecule has 4 aromatic rings. The first-order valence-electron chi connectivity index (χ1n) is 9.64. The van der Waals surface area contributed by atoms with Crippen LogP contribution >= 0.6 is 11.8 Å². The van der Waals surface area contributed by atoms with Crippen molar-refractivity contribution in [1.82, 2.24) is 20.6 Å². The number of halogens is 3. The number of rotatable bonds is 6. The smallest absolute Gasteiger partial charge is 0.277 e. The molecule has 10 heteroatoms. The van der Waals surface area contributed by atoms with Crippen molar-refractivity contribution < 1.29 is 18.0 Å². The number of aromatic amines is 1. The van der Waals surface area contributed by atoms with Crippen LogP contribution in [-0.4, -0.2) is 33.5 Å². The molecule has 0 fully saturated rings. The topological polar surface area (TPSA) is 83.0 Å². The maximum Gasteiger partial charge on any atom is 0.428 e. The third-order valence-electron chi connectivity index (χ3n) is 4.40. The fraction of sp³-hybridized carbons (Fsp3) is 0.0435. The number of hydrogen-bond acceptors (Lipinski definition) is 5. The van der Waals surface area contributed by atoms with Gasteiger partial charge in [-0.1, -0.05) is 30.0 Å². The lowest BCUT2D eigenvalue weighted by atomic mass is 10.2. The molecular formula is C23H16F3N5OS. The van der Waals surface area contributed by atoms with Crippen LogP contribution in [0.15, 0.2) is 81.8 Å². The first-order valence-corrected chi connectivity index (χ1v) is 10.5. The number of nitrogens with zero attached hydrogens (tertiary/aromatic N) is 3. The van der Waals surface area contributed by atoms with Gasteiger partial charge in [0.1, 0.15) is 6.21 Å². The summed E-state index contributed by atoms with van der Waals surface area (Å²) < 4.78 is 36.7. The normalized spacial score (nSPS) is 12.1. The summed E-state index contributed by atoms with van der Waals surface area (Å²) in [6.07, 6.45) is 0.579. The minimum atomic E-state index is -4.60. The van der Waals surface area contributed by atoms with Gasteiger partial charge in [-0.25, -0.2) is 5.43 Å². The Bertz CT molecular complexity index is 1330. The van der Waals surface area contributed by atoms with Crippen LogP contribution in [0, 0.1) is 0 Å². The lowest BCUT2D eigenvalue weighted by Crippen LogP contribution is -2.21. The average Bonchev–Trinajstić information content (AvgIpc) is 3.20. The molecule has 6 nitrogen and oxygen atoms in total. The Labute approximate surface area is 190 Å². The maximum atomic E-state index is 12.3. The Morgan fingerprint density at radius 1 is 1.06 bits per heavy atom. The molecule has 33 heavy (non-hydrogen) atoms. The van der Waals surface area contributed by atoms with E-state index in [0.717, 1.165) is 27.2 Å². The molecule has 0 saturated heterocycles. The number of carbonyl (C=O) groups excluding carboxylic acids is 1. The zero-order valence-electron chi connectivity index (χ0n) is 16.9. The van der Waals surface area contributed by atoms with Crippen molar-refractivity contribution in [2.45, 2.75) is 16.0 Å². The van der Waals surface area contributed by atoms with Gasteiger partial charge in [-0.3, -0.25) is 14.9 Å². The van der Waals surface area contributed by atoms with Gasteiger partial charge in [0, 0.05) is 21.4 Å². The van der Waals surface area contributed by atoms with Crippen molar-refractivity contribution in [1.29, 1.82) is 0 Å². The molecule has 2 N–H and O–H groups in total. The lowest BCUT2D eigenvalue weighted by Gasteiger charge is -2.08. The highest BCUT2D eigenvalue weighted by atomic mass is 32.2. The van der Waals surface area contributed by atoms with E-state index in [9.17, 15) is 18.0 Å². The fourth-order valence-electron chi connectivity index (χ4n) is 2.94. The van der Waals surface area contributed by atoms with Crippen LogP contribution < -0.4 is 5.43 Å². The number of alkyl halides is 3. The largest absolute Gasteiger partial charge is 0.428 e. The van der Waals surface area contributed by atoms with Gasteiger partial charge in [0.15, 0.2) is 0 Å². The molecule has 0 saturated carbocycles. The van der Waals surface area contributed by atoms with E-state index in [1.165, 1.54) is 17.8 Å². The second-order valence-corrected chi connectivity index (χ2v) is 7.86. The van der Waals surface area contributed by atoms with Gasteiger partial charge in [-0.05, 0) is 54.6 Å². The maximum absolute atomic E-state index is 12.3. The quantitative estimate of drug-likeness (QED) is 0.287. The second-order valence-electron chi connectivity index (χ2n) is 6.74. The second kappa shape index (κ2) is 9.70. The molecule has 0 bridgehead atoms. The summed E-state index contributed by atoms with van der Waals surface area (Å²) in [5.41, 5.74) is 4.50. The van der Waals surface area contributed by atoms with E-state index in [1.807, 2.05) is 54.0 Å². The number of hydrogen-bond donors (Lipinski definition) is 2. The van der Waals surface area contributed by atoms with Crippen LogP contribution in [0.1, 0.15) is 21.7 Å². The van der Waals surface area contributed by atoms with Crippen LogP contribution in [0.2, 0.25) is 0 Å². The molecule has 2 aromatic carbocycles. The lowest BCUT2D eigenvalue weighted by molar-refractivity contribution is -0.0538. The predicted molar refractivity (Wildman–Crippen MR) is 122 cm³/mol. The van der Waals surface area contributed by atoms with Gasteiger partial charge in [-0.2, -0.15) is 23.4 Å². The first kappa shape index (κ1) is 22.3. The molecule has 0 aliphatic rings. The van der Waals surface area contributed by atoms with Crippen molar-refractivity contribution >= 4 is 46.9 Å². The summed E-state index contributed by atoms with van der Waals surface area (Å²) in [6, 6.07) is 17.9. The van der Waals surface area contributed by atoms with Gasteiger partial charge >= 0.3 is 6.18 Å². The zero-order valence-corrected chi connectivity index (χ0v) is 17.7. The number of carbonyl (C=O) groups is 1. The molecule has 0 radical (unpaired) electrons. The first-order chi connectivity index (χ1) is 15.9. The summed E-state index contributed by atoms with van der Waals surface area (Å²) >= 11 is 1.31. The number of nitrogens with one attached hydrogen (secondary N) is 2. The summed E-state index contributed by atoms with van der Waals surface area (Å²) in [4.78, 5) is 18.0. The zero-order chi connectivity index (χ0) is 23.3. The third kappa shape index (κ3) is 5.86. The van der Waals surface area contributed by atoms with Crippen LogP contribution in [0.4, 0.5) is 13.2 Å². The molecule has 166 valence electrons. The highest BCUT2D eigenvalue weighted by Gasteiger charge is 2.24. The predicted octanol–water partition coefficient (Wildman–Crippen LogP) is 5.56. The van der Waals surface area contributed by atoms with Crippen molar-refractivity contribution in [3.05, 3.63) is 83.8 Å². The van der Waals surface area contributed by atoms with Crippen LogP contribution in [0.25, 0.3) is 23.1 Å². The van der Waals surface area contributed by atoms with E-state index >= 15 is 0 Å². The molecule has 0 unspecified atom stereocenters. The Balaban J connectivity index is 1.52. The number of pyridine rings is 1. The van der Waals surface area contributed by atoms with E-state index in [1.54, 1.807) is 24.4 Å². The standard InChI is InChI=1S/C23H16F3N5OS/c24-23(25,26)14-28-31-22(32)18-6-1-2-7-21(18)33-16-9-10-17-19(29-30-20(17)13-16)11-8-15-5-3-4-12-27-15/h1-14H,(H,29,30)(H,31,32)/b11-8+,28-14+. The molecule has 0 spiro atoms. The van der Waals surface area contributed by atoms with E-state index in [2.05, 4.69) is 20.3 Å². The van der Waals surface area contributed by atoms with E-state index in [0.29, 0.717) is 4.90 Å². The average molecular weight is 467 g/mol. The van der Waals surface area contributed by atoms with Gasteiger partial charge in [0.25, 0.3) is 5.91 Å². The minimum absolute atomic E-state index is 0.213. The molecule has 4 rings (SSSR count). The summed E-state index contributed by atoms with van der Waals surface area (Å²) in [7, 11) is 0. The van der Waals surface area contributed by atoms with Crippen molar-refractivity contribution in [2.75, 3.05) is 0 Å². The number of benzene rings is 2. The SMILES string of the molecule is O=C(N/N=C/C(F)(F)F)c1ccccc1Sc1ccc2c(/C=C/c3ccccn3)n[nH]c2c1. The summed E-state index contributed by atoms with van der Waals surface area (Å²) in [6.45, 7) is 0. The van der Waals surface area contributed by atoms with Gasteiger partial charge in [0.2, 0.25) is 0 Å². The van der Waals surface area contributed by atoms with Crippen LogP contribution in [0.3, 0.4) is 0 Å². The number of aromatic nitrogens is 3. The Morgan fingerprint density at radius 2 is 1.88 bits per heavy atom. The number of fused-ring (bicyclic) bond motifs is 1. The Kier molecular flexibility index (Phi) is 6.55. The monoisotopic (exact) mass is 467 g/mol. The molecule has 2 aromatic heterocycles. The van der Waals surface area contributed by atoms with Gasteiger partial charge < -0.3 is 0 Å². The fourth-order valence-corrected chi connectivity index (χ4v) is 3.93. The molecule has 1 amide bonds. The Morgan fingerprint density at radius 3 is 2.67 bits per heavy atom. The Hall–Kier alpha value is -3.92. The van der Waals surface area contributed by atoms with Crippen LogP contribution in [0.5, 0.6) is 0 Å². The number of hydrazone groups is 1. The van der Waals surface area contributed by atoms with Gasteiger partial charge in [-0.15, -0.1) is 0 Å². The molecule has 0 aliphatic heterocycles. The number of amides is 1. The van der Waals surface area contributed by atoms with Crippen molar-refractivity contribution in [3.63, 3.8) is 0 Å². The molecule has 2 heterocycles. The molecule has 0 aliphatic carbocycles. The highest BCUT2D eigenvalue weighted by molar-refractivity contribution is 7.99. The van der Waals surface area contributed by atoms with E-state index in [4.69, 9.17) is 0 Å². The van der Waals surface area contributed by atoms with Crippen molar-refractivity contribution in [2.24, 2.45) is 5.10 Å². The third-order valence-corrected chi connectivity index (χ3v) is 5.47. The highest BCUT2D eigenvalue weighted by Crippen LogP contribution is 2.33. The van der Waals surface area contributed by atoms with E-state index in [-0.39, 0.29) is 11.8 Å². The molecular weight excluding hydrogens is 451 g/mol. The van der Waals surface area contributed by atoms with Crippen molar-refractivity contribution in [3.8, 4) is 0 Å². The summed E-state index contributed by atoms with van der Waals surface area (Å²) in [5, 5.41) is 11.2. The number of H-pyrrole nitrogens is 1.